The standard InChI is InChI=1S/C30H36FN5O3/c1-30(2,3)39-29(38)35-15-13-22(14-16-35)27-24(21-32-36(27)23-9-5-4-6-10-23)28(37)34-19-17-33(18-20-34)26-12-8-7-11-25(26)31/h4-12,21-22H,13-20H2,1-3H3. The third-order valence-corrected chi connectivity index (χ3v) is 7.33. The number of anilines is 1. The van der Waals surface area contributed by atoms with Crippen molar-refractivity contribution in [2.24, 2.45) is 0 Å². The van der Waals surface area contributed by atoms with Crippen molar-refractivity contribution >= 4 is 17.7 Å². The van der Waals surface area contributed by atoms with E-state index in [1.54, 1.807) is 23.2 Å². The van der Waals surface area contributed by atoms with Gasteiger partial charge in [0.25, 0.3) is 5.91 Å². The first-order valence-corrected chi connectivity index (χ1v) is 13.6. The highest BCUT2D eigenvalue weighted by Crippen LogP contribution is 2.33. The Morgan fingerprint density at radius 3 is 2.15 bits per heavy atom. The van der Waals surface area contributed by atoms with Crippen molar-refractivity contribution in [3.05, 3.63) is 77.9 Å². The second kappa shape index (κ2) is 11.1. The lowest BCUT2D eigenvalue weighted by molar-refractivity contribution is 0.0203. The number of benzene rings is 2. The molecule has 0 saturated carbocycles. The van der Waals surface area contributed by atoms with Crippen LogP contribution in [0, 0.1) is 5.82 Å². The summed E-state index contributed by atoms with van der Waals surface area (Å²) in [5.41, 5.74) is 2.39. The number of amides is 2. The molecule has 2 saturated heterocycles. The molecular formula is C30H36FN5O3. The molecule has 0 spiro atoms. The molecule has 5 rings (SSSR count). The van der Waals surface area contributed by atoms with Crippen LogP contribution >= 0.6 is 0 Å². The summed E-state index contributed by atoms with van der Waals surface area (Å²) in [4.78, 5) is 32.0. The number of carbonyl (C=O) groups excluding carboxylic acids is 2. The van der Waals surface area contributed by atoms with E-state index >= 15 is 0 Å². The van der Waals surface area contributed by atoms with Crippen molar-refractivity contribution in [3.8, 4) is 5.69 Å². The predicted molar refractivity (Wildman–Crippen MR) is 148 cm³/mol. The average Bonchev–Trinajstić information content (AvgIpc) is 3.38. The van der Waals surface area contributed by atoms with Gasteiger partial charge in [0.15, 0.2) is 0 Å². The molecule has 39 heavy (non-hydrogen) atoms. The summed E-state index contributed by atoms with van der Waals surface area (Å²) < 4.78 is 21.7. The summed E-state index contributed by atoms with van der Waals surface area (Å²) in [5.74, 6) is -0.249. The molecule has 9 heteroatoms. The third kappa shape index (κ3) is 5.92. The fraction of sp³-hybridized carbons (Fsp3) is 0.433. The third-order valence-electron chi connectivity index (χ3n) is 7.33. The van der Waals surface area contributed by atoms with Crippen LogP contribution < -0.4 is 4.90 Å². The van der Waals surface area contributed by atoms with E-state index in [-0.39, 0.29) is 23.7 Å². The van der Waals surface area contributed by atoms with Gasteiger partial charge in [-0.2, -0.15) is 5.10 Å². The van der Waals surface area contributed by atoms with Gasteiger partial charge in [-0.05, 0) is 57.9 Å². The lowest BCUT2D eigenvalue weighted by Gasteiger charge is -2.37. The second-order valence-electron chi connectivity index (χ2n) is 11.2. The predicted octanol–water partition coefficient (Wildman–Crippen LogP) is 5.09. The lowest BCUT2D eigenvalue weighted by Crippen LogP contribution is -2.49. The molecule has 1 aromatic heterocycles. The average molecular weight is 534 g/mol. The zero-order valence-electron chi connectivity index (χ0n) is 22.8. The maximum Gasteiger partial charge on any atom is 0.410 e. The lowest BCUT2D eigenvalue weighted by atomic mass is 9.90. The number of piperidine rings is 1. The number of ether oxygens (including phenoxy) is 1. The minimum absolute atomic E-state index is 0.0602. The molecule has 2 aliphatic rings. The van der Waals surface area contributed by atoms with Crippen molar-refractivity contribution < 1.29 is 18.7 Å². The monoisotopic (exact) mass is 533 g/mol. The number of nitrogens with zero attached hydrogens (tertiary/aromatic N) is 5. The van der Waals surface area contributed by atoms with Gasteiger partial charge in [-0.25, -0.2) is 13.9 Å². The summed E-state index contributed by atoms with van der Waals surface area (Å²) >= 11 is 0. The number of rotatable bonds is 4. The maximum atomic E-state index is 14.3. The van der Waals surface area contributed by atoms with Crippen LogP contribution in [-0.2, 0) is 4.74 Å². The number of hydrogen-bond acceptors (Lipinski definition) is 5. The number of hydrogen-bond donors (Lipinski definition) is 0. The van der Waals surface area contributed by atoms with E-state index in [4.69, 9.17) is 4.74 Å². The van der Waals surface area contributed by atoms with Crippen molar-refractivity contribution in [3.63, 3.8) is 0 Å². The van der Waals surface area contributed by atoms with Gasteiger partial charge in [-0.15, -0.1) is 0 Å². The summed E-state index contributed by atoms with van der Waals surface area (Å²) in [6, 6.07) is 16.6. The first-order valence-electron chi connectivity index (χ1n) is 13.6. The van der Waals surface area contributed by atoms with Gasteiger partial charge in [-0.3, -0.25) is 4.79 Å². The molecule has 2 fully saturated rings. The van der Waals surface area contributed by atoms with Crippen LogP contribution in [0.2, 0.25) is 0 Å². The van der Waals surface area contributed by atoms with Crippen LogP contribution in [0.15, 0.2) is 60.8 Å². The molecule has 206 valence electrons. The molecule has 0 N–H and O–H groups in total. The van der Waals surface area contributed by atoms with E-state index in [9.17, 15) is 14.0 Å². The van der Waals surface area contributed by atoms with Gasteiger partial charge in [0.05, 0.1) is 28.8 Å². The van der Waals surface area contributed by atoms with Gasteiger partial charge in [0.1, 0.15) is 11.4 Å². The van der Waals surface area contributed by atoms with E-state index in [2.05, 4.69) is 5.10 Å². The Morgan fingerprint density at radius 2 is 1.51 bits per heavy atom. The van der Waals surface area contributed by atoms with Gasteiger partial charge < -0.3 is 19.4 Å². The van der Waals surface area contributed by atoms with Crippen LogP contribution in [-0.4, -0.2) is 76.5 Å². The summed E-state index contributed by atoms with van der Waals surface area (Å²) in [6.45, 7) is 8.81. The zero-order valence-corrected chi connectivity index (χ0v) is 22.8. The number of piperazine rings is 1. The minimum Gasteiger partial charge on any atom is -0.444 e. The van der Waals surface area contributed by atoms with Gasteiger partial charge in [0, 0.05) is 45.2 Å². The molecule has 8 nitrogen and oxygen atoms in total. The van der Waals surface area contributed by atoms with Crippen LogP contribution in [0.3, 0.4) is 0 Å². The Bertz CT molecular complexity index is 1300. The molecular weight excluding hydrogens is 497 g/mol. The van der Waals surface area contributed by atoms with Crippen molar-refractivity contribution in [1.82, 2.24) is 19.6 Å². The van der Waals surface area contributed by atoms with E-state index in [1.165, 1.54) is 6.07 Å². The van der Waals surface area contributed by atoms with Crippen molar-refractivity contribution in [1.29, 1.82) is 0 Å². The number of likely N-dealkylation sites (tertiary alicyclic amines) is 1. The molecule has 3 heterocycles. The van der Waals surface area contributed by atoms with Crippen LogP contribution in [0.1, 0.15) is 55.6 Å². The zero-order chi connectivity index (χ0) is 27.6. The normalized spacial score (nSPS) is 16.9. The Hall–Kier alpha value is -3.88. The fourth-order valence-corrected chi connectivity index (χ4v) is 5.38. The van der Waals surface area contributed by atoms with Crippen molar-refractivity contribution in [2.45, 2.75) is 45.1 Å². The maximum absolute atomic E-state index is 14.3. The largest absolute Gasteiger partial charge is 0.444 e. The van der Waals surface area contributed by atoms with Gasteiger partial charge >= 0.3 is 6.09 Å². The van der Waals surface area contributed by atoms with E-state index < -0.39 is 5.60 Å². The Labute approximate surface area is 228 Å². The first kappa shape index (κ1) is 26.7. The fourth-order valence-electron chi connectivity index (χ4n) is 5.38. The SMILES string of the molecule is CC(C)(C)OC(=O)N1CCC(c2c(C(=O)N3CCN(c4ccccc4F)CC3)cnn2-c2ccccc2)CC1. The van der Waals surface area contributed by atoms with E-state index in [0.29, 0.717) is 63.4 Å². The van der Waals surface area contributed by atoms with Crippen molar-refractivity contribution in [2.75, 3.05) is 44.2 Å². The number of halogens is 1. The van der Waals surface area contributed by atoms with Gasteiger partial charge in [0.2, 0.25) is 0 Å². The second-order valence-corrected chi connectivity index (χ2v) is 11.2. The van der Waals surface area contributed by atoms with Crippen LogP contribution in [0.4, 0.5) is 14.9 Å². The number of carbonyl (C=O) groups is 2. The van der Waals surface area contributed by atoms with E-state index in [0.717, 1.165) is 11.4 Å². The summed E-state index contributed by atoms with van der Waals surface area (Å²) in [6.07, 6.45) is 2.79. The molecule has 0 aliphatic carbocycles. The molecule has 2 aromatic carbocycles. The number of aromatic nitrogens is 2. The molecule has 0 unspecified atom stereocenters. The quantitative estimate of drug-likeness (QED) is 0.467. The molecule has 0 bridgehead atoms. The van der Waals surface area contributed by atoms with Crippen LogP contribution in [0.5, 0.6) is 0 Å². The van der Waals surface area contributed by atoms with Gasteiger partial charge in [-0.1, -0.05) is 30.3 Å². The summed E-state index contributed by atoms with van der Waals surface area (Å²) in [5, 5.41) is 4.66. The molecule has 0 radical (unpaired) electrons. The molecule has 2 amide bonds. The Kier molecular flexibility index (Phi) is 7.59. The highest BCUT2D eigenvalue weighted by atomic mass is 19.1. The molecule has 3 aromatic rings. The smallest absolute Gasteiger partial charge is 0.410 e. The Morgan fingerprint density at radius 1 is 0.872 bits per heavy atom. The molecule has 2 aliphatic heterocycles. The number of para-hydroxylation sites is 2. The highest BCUT2D eigenvalue weighted by molar-refractivity contribution is 5.95. The van der Waals surface area contributed by atoms with E-state index in [1.807, 2.05) is 71.7 Å². The Balaban J connectivity index is 1.35. The highest BCUT2D eigenvalue weighted by Gasteiger charge is 2.34. The topological polar surface area (TPSA) is 70.9 Å². The minimum atomic E-state index is -0.546. The molecule has 0 atom stereocenters. The first-order chi connectivity index (χ1) is 18.7. The van der Waals surface area contributed by atoms with Crippen LogP contribution in [0.25, 0.3) is 5.69 Å². The summed E-state index contributed by atoms with van der Waals surface area (Å²) in [7, 11) is 0.